The summed E-state index contributed by atoms with van der Waals surface area (Å²) in [6.45, 7) is 17.5. The number of unbranched alkanes of at least 4 members (excludes halogenated alkanes) is 1. The fourth-order valence-corrected chi connectivity index (χ4v) is 0.586. The van der Waals surface area contributed by atoms with Crippen molar-refractivity contribution in [1.29, 1.82) is 0 Å². The van der Waals surface area contributed by atoms with E-state index in [0.717, 1.165) is 12.2 Å². The highest BCUT2D eigenvalue weighted by Crippen LogP contribution is 1.98. The summed E-state index contributed by atoms with van der Waals surface area (Å²) < 4.78 is 0. The van der Waals surface area contributed by atoms with Crippen LogP contribution in [0.15, 0.2) is 12.3 Å². The third-order valence-corrected chi connectivity index (χ3v) is 1.50. The van der Waals surface area contributed by atoms with Crippen molar-refractivity contribution in [3.05, 3.63) is 12.3 Å². The van der Waals surface area contributed by atoms with Crippen LogP contribution >= 0.6 is 0 Å². The van der Waals surface area contributed by atoms with E-state index in [1.807, 2.05) is 20.8 Å². The molecule has 0 N–H and O–H groups in total. The average Bonchev–Trinajstić information content (AvgIpc) is 2.18. The Morgan fingerprint density at radius 1 is 1.14 bits per heavy atom. The minimum atomic E-state index is 1.14. The Morgan fingerprint density at radius 2 is 1.50 bits per heavy atom. The first-order valence-electron chi connectivity index (χ1n) is 5.96. The van der Waals surface area contributed by atoms with Gasteiger partial charge in [0.15, 0.2) is 0 Å². The summed E-state index contributed by atoms with van der Waals surface area (Å²) in [5.41, 5.74) is 1.16. The normalized spacial score (nSPS) is 7.64. The van der Waals surface area contributed by atoms with Crippen molar-refractivity contribution >= 4 is 0 Å². The molecule has 0 radical (unpaired) electrons. The monoisotopic (exact) mass is 201 g/mol. The van der Waals surface area contributed by atoms with Gasteiger partial charge < -0.3 is 4.90 Å². The maximum Gasteiger partial charge on any atom is 0.0171 e. The Kier molecular flexibility index (Phi) is 25.1. The third kappa shape index (κ3) is 22.5. The number of hydrogen-bond acceptors (Lipinski definition) is 1. The van der Waals surface area contributed by atoms with Crippen molar-refractivity contribution in [3.8, 4) is 0 Å². The molecule has 0 saturated heterocycles. The van der Waals surface area contributed by atoms with Crippen molar-refractivity contribution in [1.82, 2.24) is 4.90 Å². The summed E-state index contributed by atoms with van der Waals surface area (Å²) in [5.74, 6) is 0. The second kappa shape index (κ2) is 18.3. The van der Waals surface area contributed by atoms with Gasteiger partial charge in [0, 0.05) is 19.3 Å². The van der Waals surface area contributed by atoms with Gasteiger partial charge >= 0.3 is 0 Å². The summed E-state index contributed by atoms with van der Waals surface area (Å²) >= 11 is 0. The molecule has 1 heteroatoms. The van der Waals surface area contributed by atoms with Crippen molar-refractivity contribution in [2.24, 2.45) is 0 Å². The summed E-state index contributed by atoms with van der Waals surface area (Å²) in [4.78, 5) is 2.18. The predicted octanol–water partition coefficient (Wildman–Crippen LogP) is 4.69. The van der Waals surface area contributed by atoms with Gasteiger partial charge in [0.05, 0.1) is 0 Å². The lowest BCUT2D eigenvalue weighted by molar-refractivity contribution is 0.409. The van der Waals surface area contributed by atoms with Crippen LogP contribution in [0.3, 0.4) is 0 Å². The van der Waals surface area contributed by atoms with E-state index in [0.29, 0.717) is 0 Å². The second-order valence-corrected chi connectivity index (χ2v) is 3.22. The molecule has 0 saturated carbocycles. The van der Waals surface area contributed by atoms with E-state index in [1.165, 1.54) is 19.3 Å². The number of nitrogens with zero attached hydrogens (tertiary/aromatic N) is 1. The fourth-order valence-electron chi connectivity index (χ4n) is 0.586. The molecule has 0 aliphatic heterocycles. The van der Waals surface area contributed by atoms with Crippen LogP contribution in [0.1, 0.15) is 60.8 Å². The Labute approximate surface area is 92.2 Å². The molecule has 0 spiro atoms. The number of allylic oxidation sites excluding steroid dienone is 1. The maximum absolute atomic E-state index is 3.83. The lowest BCUT2D eigenvalue weighted by Crippen LogP contribution is -2.15. The minimum absolute atomic E-state index is 1.14. The van der Waals surface area contributed by atoms with Gasteiger partial charge in [-0.3, -0.25) is 0 Å². The van der Waals surface area contributed by atoms with Crippen molar-refractivity contribution in [3.63, 3.8) is 0 Å². The molecule has 0 aromatic carbocycles. The molecule has 0 fully saturated rings. The highest BCUT2D eigenvalue weighted by atomic mass is 15.1. The molecular weight excluding hydrogens is 170 g/mol. The van der Waals surface area contributed by atoms with Crippen molar-refractivity contribution < 1.29 is 0 Å². The molecule has 0 rings (SSSR count). The van der Waals surface area contributed by atoms with Crippen LogP contribution < -0.4 is 0 Å². The van der Waals surface area contributed by atoms with Crippen LogP contribution in [0.4, 0.5) is 0 Å². The summed E-state index contributed by atoms with van der Waals surface area (Å²) in [6, 6.07) is 0. The van der Waals surface area contributed by atoms with Crippen LogP contribution in [-0.4, -0.2) is 18.5 Å². The molecule has 0 atom stereocenters. The molecule has 0 aromatic heterocycles. The lowest BCUT2D eigenvalue weighted by Gasteiger charge is -2.17. The van der Waals surface area contributed by atoms with E-state index in [4.69, 9.17) is 0 Å². The Bertz CT molecular complexity index is 97.4. The Morgan fingerprint density at radius 3 is 1.71 bits per heavy atom. The van der Waals surface area contributed by atoms with Crippen LogP contribution in [0.25, 0.3) is 0 Å². The van der Waals surface area contributed by atoms with Gasteiger partial charge in [-0.05, 0) is 13.3 Å². The smallest absolute Gasteiger partial charge is 0.0171 e. The molecular formula is C13H31N. The Balaban J connectivity index is -0.000000205. The van der Waals surface area contributed by atoms with Gasteiger partial charge in [0.25, 0.3) is 0 Å². The quantitative estimate of drug-likeness (QED) is 0.637. The van der Waals surface area contributed by atoms with E-state index >= 15 is 0 Å². The molecule has 14 heavy (non-hydrogen) atoms. The zero-order valence-corrected chi connectivity index (χ0v) is 11.5. The lowest BCUT2D eigenvalue weighted by atomic mass is 10.3. The fraction of sp³-hybridized carbons (Fsp3) is 0.846. The van der Waals surface area contributed by atoms with E-state index in [-0.39, 0.29) is 0 Å². The zero-order chi connectivity index (χ0) is 12.0. The summed E-state index contributed by atoms with van der Waals surface area (Å²) in [5, 5.41) is 0. The van der Waals surface area contributed by atoms with E-state index in [2.05, 4.69) is 39.3 Å². The van der Waals surface area contributed by atoms with Crippen LogP contribution in [0.2, 0.25) is 0 Å². The van der Waals surface area contributed by atoms with Gasteiger partial charge in [-0.25, -0.2) is 0 Å². The average molecular weight is 201 g/mol. The SMILES string of the molecule is C=C(C)N(C)CCCC.CC.CCC. The van der Waals surface area contributed by atoms with Crippen LogP contribution in [-0.2, 0) is 0 Å². The van der Waals surface area contributed by atoms with Gasteiger partial charge in [-0.2, -0.15) is 0 Å². The summed E-state index contributed by atoms with van der Waals surface area (Å²) in [7, 11) is 2.08. The minimum Gasteiger partial charge on any atom is -0.379 e. The first kappa shape index (κ1) is 19.2. The molecule has 0 unspecified atom stereocenters. The third-order valence-electron chi connectivity index (χ3n) is 1.50. The van der Waals surface area contributed by atoms with Gasteiger partial charge in [0.2, 0.25) is 0 Å². The van der Waals surface area contributed by atoms with E-state index in [9.17, 15) is 0 Å². The largest absolute Gasteiger partial charge is 0.379 e. The van der Waals surface area contributed by atoms with Crippen molar-refractivity contribution in [2.75, 3.05) is 13.6 Å². The molecule has 1 nitrogen and oxygen atoms in total. The first-order valence-corrected chi connectivity index (χ1v) is 5.96. The van der Waals surface area contributed by atoms with Crippen LogP contribution in [0.5, 0.6) is 0 Å². The van der Waals surface area contributed by atoms with E-state index in [1.54, 1.807) is 0 Å². The first-order chi connectivity index (χ1) is 6.59. The maximum atomic E-state index is 3.83. The molecule has 0 heterocycles. The highest BCUT2D eigenvalue weighted by molar-refractivity contribution is 4.85. The number of hydrogen-bond donors (Lipinski definition) is 0. The topological polar surface area (TPSA) is 3.24 Å². The van der Waals surface area contributed by atoms with Gasteiger partial charge in [-0.1, -0.05) is 54.0 Å². The van der Waals surface area contributed by atoms with Gasteiger partial charge in [0.1, 0.15) is 0 Å². The highest BCUT2D eigenvalue weighted by Gasteiger charge is 1.92. The molecule has 88 valence electrons. The zero-order valence-electron chi connectivity index (χ0n) is 11.5. The molecule has 0 aromatic rings. The molecule has 0 bridgehead atoms. The Hall–Kier alpha value is -0.460. The van der Waals surface area contributed by atoms with Gasteiger partial charge in [-0.15, -0.1) is 0 Å². The predicted molar refractivity (Wildman–Crippen MR) is 69.7 cm³/mol. The molecule has 0 amide bonds. The molecule has 0 aliphatic carbocycles. The molecule has 0 aliphatic rings. The number of rotatable bonds is 4. The second-order valence-electron chi connectivity index (χ2n) is 3.22. The standard InChI is InChI=1S/C8H17N.C3H8.C2H6/c1-5-6-7-9(4)8(2)3;1-3-2;1-2/h2,5-7H2,1,3-4H3;3H2,1-2H3;1-2H3. The van der Waals surface area contributed by atoms with Crippen molar-refractivity contribution in [2.45, 2.75) is 60.8 Å². The van der Waals surface area contributed by atoms with Crippen LogP contribution in [0, 0.1) is 0 Å². The van der Waals surface area contributed by atoms with E-state index < -0.39 is 0 Å². The summed E-state index contributed by atoms with van der Waals surface area (Å²) in [6.07, 6.45) is 3.78.